The van der Waals surface area contributed by atoms with Crippen LogP contribution in [0, 0.1) is 11.8 Å². The zero-order valence-electron chi connectivity index (χ0n) is 16.4. The number of ether oxygens (including phenoxy) is 1. The van der Waals surface area contributed by atoms with Gasteiger partial charge in [-0.1, -0.05) is 28.1 Å². The van der Waals surface area contributed by atoms with Gasteiger partial charge in [-0.05, 0) is 17.7 Å². The van der Waals surface area contributed by atoms with Crippen LogP contribution < -0.4 is 5.73 Å². The number of fused-ring (bicyclic) bond motifs is 4. The van der Waals surface area contributed by atoms with Crippen molar-refractivity contribution in [3.05, 3.63) is 63.8 Å². The second-order valence-electron chi connectivity index (χ2n) is 8.33. The average molecular weight is 504 g/mol. The summed E-state index contributed by atoms with van der Waals surface area (Å²) in [5.74, 6) is -7.17. The molecule has 166 valence electrons. The first-order valence-electron chi connectivity index (χ1n) is 9.85. The summed E-state index contributed by atoms with van der Waals surface area (Å²) in [5, 5.41) is 43.7. The second-order valence-corrected chi connectivity index (χ2v) is 8.89. The molecule has 4 aliphatic rings. The maximum absolute atomic E-state index is 13.4. The van der Waals surface area contributed by atoms with Gasteiger partial charge in [0.05, 0.1) is 10.9 Å². The predicted octanol–water partition coefficient (Wildman–Crippen LogP) is 1.41. The van der Waals surface area contributed by atoms with Crippen LogP contribution in [0.15, 0.2) is 52.7 Å². The van der Waals surface area contributed by atoms with Crippen molar-refractivity contribution in [2.45, 2.75) is 24.0 Å². The molecule has 0 spiro atoms. The molecule has 0 aromatic heterocycles. The summed E-state index contributed by atoms with van der Waals surface area (Å²) >= 11 is 3.33. The largest absolute Gasteiger partial charge is 0.511 e. The fourth-order valence-corrected chi connectivity index (χ4v) is 5.83. The summed E-state index contributed by atoms with van der Waals surface area (Å²) in [6.07, 6.45) is 0.393. The highest BCUT2D eigenvalue weighted by Crippen LogP contribution is 2.58. The number of Topliss-reactive ketones (excluding diaryl/α,β-unsaturated/α-hetero) is 2. The van der Waals surface area contributed by atoms with Crippen LogP contribution in [0.5, 0.6) is 5.75 Å². The van der Waals surface area contributed by atoms with Gasteiger partial charge >= 0.3 is 0 Å². The topological polar surface area (TPSA) is 167 Å². The van der Waals surface area contributed by atoms with Gasteiger partial charge in [-0.15, -0.1) is 0 Å². The molecule has 0 saturated heterocycles. The lowest BCUT2D eigenvalue weighted by Gasteiger charge is -2.53. The number of benzene rings is 1. The van der Waals surface area contributed by atoms with E-state index in [1.54, 1.807) is 18.2 Å². The summed E-state index contributed by atoms with van der Waals surface area (Å²) in [6.45, 7) is 0. The van der Waals surface area contributed by atoms with E-state index in [1.807, 2.05) is 0 Å². The molecule has 6 N–H and O–H groups in total. The zero-order valence-corrected chi connectivity index (χ0v) is 18.0. The number of hydrogen-bond donors (Lipinski definition) is 5. The Balaban J connectivity index is 1.83. The number of aromatic hydroxyl groups is 1. The van der Waals surface area contributed by atoms with Gasteiger partial charge in [0, 0.05) is 29.7 Å². The van der Waals surface area contributed by atoms with Crippen molar-refractivity contribution in [3.63, 3.8) is 0 Å². The van der Waals surface area contributed by atoms with E-state index in [2.05, 4.69) is 15.9 Å². The van der Waals surface area contributed by atoms with Gasteiger partial charge in [0.1, 0.15) is 34.7 Å². The van der Waals surface area contributed by atoms with E-state index in [-0.39, 0.29) is 28.6 Å². The minimum Gasteiger partial charge on any atom is -0.511 e. The fraction of sp³-hybridized carbons (Fsp3) is 0.318. The van der Waals surface area contributed by atoms with Crippen molar-refractivity contribution in [1.29, 1.82) is 0 Å². The molecule has 32 heavy (non-hydrogen) atoms. The van der Waals surface area contributed by atoms with Gasteiger partial charge in [0.25, 0.3) is 5.91 Å². The monoisotopic (exact) mass is 503 g/mol. The number of aliphatic hydroxyl groups is 3. The molecule has 0 fully saturated rings. The Morgan fingerprint density at radius 1 is 1.25 bits per heavy atom. The normalized spacial score (nSPS) is 33.1. The third-order valence-corrected chi connectivity index (χ3v) is 7.39. The first-order chi connectivity index (χ1) is 15.1. The SMILES string of the molecule is NC(=O)C1=C(O)C[C@@H]2[C@H]3OC(CBr)=C[C@H]4c5cccc(O)c5C(=O)C(=C(O)[C@]2(O)C1=O)[C@H]34. The van der Waals surface area contributed by atoms with Crippen LogP contribution >= 0.6 is 15.9 Å². The van der Waals surface area contributed by atoms with E-state index in [0.717, 1.165) is 0 Å². The number of ketones is 2. The fourth-order valence-electron chi connectivity index (χ4n) is 5.51. The molecule has 1 amide bonds. The van der Waals surface area contributed by atoms with E-state index < -0.39 is 64.0 Å². The maximum Gasteiger partial charge on any atom is 0.255 e. The molecular formula is C22H18BrNO8. The van der Waals surface area contributed by atoms with E-state index in [4.69, 9.17) is 10.5 Å². The third kappa shape index (κ3) is 2.39. The Bertz CT molecular complexity index is 1210. The molecule has 1 aromatic rings. The van der Waals surface area contributed by atoms with Crippen molar-refractivity contribution in [2.24, 2.45) is 17.6 Å². The standard InChI is InChI=1S/C22H18BrNO8/c23-6-7-4-9-8-2-1-3-11(25)13(8)17(27)16-14(9)18(32-7)10-5-12(26)15(21(24)30)19(28)22(10,31)20(16)29/h1-4,9-10,14,18,25-26,29,31H,5-6H2,(H2,24,30)/t9-,10+,14+,18+,22+/m0/s1. The van der Waals surface area contributed by atoms with Crippen molar-refractivity contribution in [3.8, 4) is 5.75 Å². The molecule has 9 nitrogen and oxygen atoms in total. The molecule has 5 atom stereocenters. The summed E-state index contributed by atoms with van der Waals surface area (Å²) in [6, 6.07) is 4.61. The van der Waals surface area contributed by atoms with Crippen LogP contribution in [0.25, 0.3) is 0 Å². The quantitative estimate of drug-likeness (QED) is 0.298. The van der Waals surface area contributed by atoms with Crippen molar-refractivity contribution in [1.82, 2.24) is 0 Å². The van der Waals surface area contributed by atoms with E-state index in [0.29, 0.717) is 11.3 Å². The van der Waals surface area contributed by atoms with Crippen LogP contribution in [-0.2, 0) is 14.3 Å². The number of hydrogen-bond acceptors (Lipinski definition) is 8. The number of alkyl halides is 1. The van der Waals surface area contributed by atoms with E-state index in [9.17, 15) is 34.8 Å². The van der Waals surface area contributed by atoms with Crippen molar-refractivity contribution in [2.75, 3.05) is 5.33 Å². The number of aliphatic hydroxyl groups excluding tert-OH is 2. The number of phenols is 1. The Morgan fingerprint density at radius 3 is 2.62 bits per heavy atom. The number of primary amides is 1. The minimum absolute atomic E-state index is 0.0417. The Labute approximate surface area is 189 Å². The van der Waals surface area contributed by atoms with Crippen LogP contribution in [0.2, 0.25) is 0 Å². The van der Waals surface area contributed by atoms with Gasteiger partial charge in [-0.2, -0.15) is 0 Å². The lowest BCUT2D eigenvalue weighted by molar-refractivity contribution is -0.157. The highest BCUT2D eigenvalue weighted by atomic mass is 79.9. The van der Waals surface area contributed by atoms with Crippen LogP contribution in [-0.4, -0.2) is 54.9 Å². The molecule has 5 rings (SSSR count). The summed E-state index contributed by atoms with van der Waals surface area (Å²) in [7, 11) is 0. The third-order valence-electron chi connectivity index (χ3n) is 6.84. The van der Waals surface area contributed by atoms with Crippen LogP contribution in [0.1, 0.15) is 28.3 Å². The minimum atomic E-state index is -2.70. The summed E-state index contributed by atoms with van der Waals surface area (Å²) in [4.78, 5) is 38.4. The number of phenolic OH excluding ortho intramolecular Hbond substituents is 1. The number of nitrogens with two attached hydrogens (primary N) is 1. The number of carbonyl (C=O) groups is 3. The van der Waals surface area contributed by atoms with Gasteiger partial charge < -0.3 is 30.9 Å². The van der Waals surface area contributed by atoms with Crippen molar-refractivity contribution >= 4 is 33.4 Å². The second kappa shape index (κ2) is 6.69. The molecule has 0 saturated carbocycles. The Kier molecular flexibility index (Phi) is 4.35. The first-order valence-corrected chi connectivity index (χ1v) is 11.0. The summed E-state index contributed by atoms with van der Waals surface area (Å²) in [5.41, 5.74) is 1.91. The molecule has 3 aliphatic carbocycles. The molecule has 0 bridgehead atoms. The van der Waals surface area contributed by atoms with Gasteiger partial charge in [0.15, 0.2) is 11.4 Å². The molecule has 0 radical (unpaired) electrons. The zero-order chi connectivity index (χ0) is 23.1. The van der Waals surface area contributed by atoms with E-state index >= 15 is 0 Å². The van der Waals surface area contributed by atoms with Crippen LogP contribution in [0.3, 0.4) is 0 Å². The Morgan fingerprint density at radius 2 is 1.97 bits per heavy atom. The summed E-state index contributed by atoms with van der Waals surface area (Å²) < 4.78 is 6.04. The highest BCUT2D eigenvalue weighted by molar-refractivity contribution is 9.09. The number of rotatable bonds is 2. The van der Waals surface area contributed by atoms with E-state index in [1.165, 1.54) is 6.07 Å². The van der Waals surface area contributed by atoms with Crippen molar-refractivity contribution < 1.29 is 39.5 Å². The smallest absolute Gasteiger partial charge is 0.255 e. The molecule has 1 aromatic carbocycles. The number of amides is 1. The van der Waals surface area contributed by atoms with Gasteiger partial charge in [-0.3, -0.25) is 14.4 Å². The molecule has 0 unspecified atom stereocenters. The molecule has 10 heteroatoms. The maximum atomic E-state index is 13.4. The number of allylic oxidation sites excluding steroid dienone is 3. The Hall–Kier alpha value is -3.11. The molecular weight excluding hydrogens is 486 g/mol. The highest BCUT2D eigenvalue weighted by Gasteiger charge is 2.66. The number of halogens is 1. The van der Waals surface area contributed by atoms with Crippen LogP contribution in [0.4, 0.5) is 0 Å². The van der Waals surface area contributed by atoms with Gasteiger partial charge in [-0.25, -0.2) is 0 Å². The average Bonchev–Trinajstić information content (AvgIpc) is 2.74. The lowest BCUT2D eigenvalue weighted by Crippen LogP contribution is -2.63. The number of carbonyl (C=O) groups excluding carboxylic acids is 3. The van der Waals surface area contributed by atoms with Gasteiger partial charge in [0.2, 0.25) is 5.78 Å². The predicted molar refractivity (Wildman–Crippen MR) is 112 cm³/mol. The first kappa shape index (κ1) is 20.8. The molecule has 1 aliphatic heterocycles. The molecule has 1 heterocycles. The lowest BCUT2D eigenvalue weighted by atomic mass is 9.55.